The van der Waals surface area contributed by atoms with Gasteiger partial charge in [-0.2, -0.15) is 0 Å². The summed E-state index contributed by atoms with van der Waals surface area (Å²) in [6.45, 7) is 5.43. The van der Waals surface area contributed by atoms with Gasteiger partial charge in [0, 0.05) is 23.5 Å². The Kier molecular flexibility index (Phi) is 7.53. The molecule has 2 aromatic carbocycles. The number of H-pyrrole nitrogens is 1. The Labute approximate surface area is 208 Å². The van der Waals surface area contributed by atoms with Crippen LogP contribution >= 0.6 is 0 Å². The number of hydrogen-bond donors (Lipinski definition) is 3. The van der Waals surface area contributed by atoms with E-state index in [-0.39, 0.29) is 24.9 Å². The van der Waals surface area contributed by atoms with Crippen molar-refractivity contribution in [1.82, 2.24) is 25.8 Å². The molecule has 4 aromatic rings. The van der Waals surface area contributed by atoms with Crippen LogP contribution in [-0.4, -0.2) is 33.0 Å². The smallest absolute Gasteiger partial charge is 0.408 e. The molecule has 3 N–H and O–H groups in total. The number of hydrogen-bond acceptors (Lipinski definition) is 7. The molecule has 0 aliphatic carbocycles. The molecule has 2 heterocycles. The van der Waals surface area contributed by atoms with Crippen molar-refractivity contribution >= 4 is 23.1 Å². The third-order valence-electron chi connectivity index (χ3n) is 5.17. The van der Waals surface area contributed by atoms with Gasteiger partial charge in [-0.1, -0.05) is 48.5 Å². The first-order valence-corrected chi connectivity index (χ1v) is 11.6. The summed E-state index contributed by atoms with van der Waals surface area (Å²) < 4.78 is 16.4. The molecule has 0 saturated heterocycles. The fraction of sp³-hybridized carbons (Fsp3) is 0.308. The Morgan fingerprint density at radius 3 is 2.56 bits per heavy atom. The molecule has 0 unspecified atom stereocenters. The molecule has 0 aliphatic rings. The Balaban J connectivity index is 1.46. The van der Waals surface area contributed by atoms with Crippen LogP contribution in [0, 0.1) is 0 Å². The first-order chi connectivity index (χ1) is 17.3. The summed E-state index contributed by atoms with van der Waals surface area (Å²) in [5.74, 6) is 0.372. The second kappa shape index (κ2) is 10.9. The number of amides is 2. The van der Waals surface area contributed by atoms with Crippen molar-refractivity contribution < 1.29 is 23.5 Å². The second-order valence-corrected chi connectivity index (χ2v) is 9.21. The largest absolute Gasteiger partial charge is 0.445 e. The van der Waals surface area contributed by atoms with Crippen LogP contribution in [0.3, 0.4) is 0 Å². The van der Waals surface area contributed by atoms with Crippen molar-refractivity contribution in [3.8, 4) is 0 Å². The summed E-state index contributed by atoms with van der Waals surface area (Å²) in [5.41, 5.74) is 2.18. The monoisotopic (exact) mass is 491 g/mol. The van der Waals surface area contributed by atoms with Gasteiger partial charge in [-0.25, -0.2) is 9.59 Å². The number of ether oxygens (including phenoxy) is 2. The van der Waals surface area contributed by atoms with E-state index in [4.69, 9.17) is 13.9 Å². The molecule has 0 radical (unpaired) electrons. The lowest BCUT2D eigenvalue weighted by atomic mass is 10.1. The molecular weight excluding hydrogens is 462 g/mol. The molecule has 2 aromatic heterocycles. The van der Waals surface area contributed by atoms with Crippen molar-refractivity contribution in [2.75, 3.05) is 0 Å². The normalized spacial score (nSPS) is 12.2. The van der Waals surface area contributed by atoms with E-state index in [9.17, 15) is 9.59 Å². The minimum Gasteiger partial charge on any atom is -0.445 e. The summed E-state index contributed by atoms with van der Waals surface area (Å²) >= 11 is 0. The van der Waals surface area contributed by atoms with E-state index >= 15 is 0 Å². The van der Waals surface area contributed by atoms with Gasteiger partial charge in [0.1, 0.15) is 18.2 Å². The van der Waals surface area contributed by atoms with Gasteiger partial charge in [-0.05, 0) is 38.0 Å². The molecular formula is C26H29N5O5. The fourth-order valence-electron chi connectivity index (χ4n) is 3.57. The molecule has 0 aliphatic heterocycles. The first-order valence-electron chi connectivity index (χ1n) is 11.6. The molecule has 4 rings (SSSR count). The number of aromatic nitrogens is 3. The average molecular weight is 492 g/mol. The zero-order chi connectivity index (χ0) is 25.5. The van der Waals surface area contributed by atoms with Gasteiger partial charge < -0.3 is 29.5 Å². The van der Waals surface area contributed by atoms with Crippen molar-refractivity contribution in [2.45, 2.75) is 52.0 Å². The minimum absolute atomic E-state index is 0.0137. The quantitative estimate of drug-likeness (QED) is 0.323. The predicted molar refractivity (Wildman–Crippen MR) is 132 cm³/mol. The second-order valence-electron chi connectivity index (χ2n) is 9.21. The Hall–Kier alpha value is -4.34. The maximum Gasteiger partial charge on any atom is 0.408 e. The number of nitrogens with one attached hydrogen (secondary N) is 3. The topological polar surface area (TPSA) is 131 Å². The van der Waals surface area contributed by atoms with E-state index in [2.05, 4.69) is 25.8 Å². The number of rotatable bonds is 8. The van der Waals surface area contributed by atoms with Crippen molar-refractivity contribution in [2.24, 2.45) is 0 Å². The first kappa shape index (κ1) is 24.8. The summed E-state index contributed by atoms with van der Waals surface area (Å²) in [6.07, 6.45) is 1.05. The van der Waals surface area contributed by atoms with Crippen LogP contribution in [0.15, 0.2) is 65.2 Å². The van der Waals surface area contributed by atoms with Crippen LogP contribution in [0.5, 0.6) is 0 Å². The van der Waals surface area contributed by atoms with Crippen LogP contribution in [-0.2, 0) is 29.0 Å². The summed E-state index contributed by atoms with van der Waals surface area (Å²) in [5, 5.41) is 14.6. The number of aromatic amines is 1. The van der Waals surface area contributed by atoms with Gasteiger partial charge in [0.15, 0.2) is 0 Å². The number of benzene rings is 2. The van der Waals surface area contributed by atoms with E-state index in [1.165, 1.54) is 0 Å². The van der Waals surface area contributed by atoms with Crippen LogP contribution < -0.4 is 10.6 Å². The fourth-order valence-corrected chi connectivity index (χ4v) is 3.57. The van der Waals surface area contributed by atoms with Gasteiger partial charge in [-0.3, -0.25) is 0 Å². The standard InChI is InChI=1S/C26H29N5O5/c1-26(2,3)36-24(32)28-15-22-30-31-23(35-22)21(13-18-14-27-20-12-8-7-11-19(18)20)29-25(33)34-16-17-9-5-4-6-10-17/h4-12,14,21,27H,13,15-16H2,1-3H3,(H,28,32)(H,29,33)/t21-/m0/s1. The molecule has 0 bridgehead atoms. The summed E-state index contributed by atoms with van der Waals surface area (Å²) in [7, 11) is 0. The van der Waals surface area contributed by atoms with E-state index in [0.29, 0.717) is 6.42 Å². The molecule has 1 atom stereocenters. The molecule has 0 fully saturated rings. The van der Waals surface area contributed by atoms with Crippen molar-refractivity contribution in [1.29, 1.82) is 0 Å². The third-order valence-corrected chi connectivity index (χ3v) is 5.17. The molecule has 10 nitrogen and oxygen atoms in total. The van der Waals surface area contributed by atoms with Crippen LogP contribution in [0.4, 0.5) is 9.59 Å². The highest BCUT2D eigenvalue weighted by Gasteiger charge is 2.24. The number of alkyl carbamates (subject to hydrolysis) is 2. The summed E-state index contributed by atoms with van der Waals surface area (Å²) in [4.78, 5) is 27.8. The lowest BCUT2D eigenvalue weighted by Crippen LogP contribution is -2.32. The summed E-state index contributed by atoms with van der Waals surface area (Å²) in [6, 6.07) is 16.6. The highest BCUT2D eigenvalue weighted by molar-refractivity contribution is 5.83. The lowest BCUT2D eigenvalue weighted by Gasteiger charge is -2.19. The molecule has 188 valence electrons. The van der Waals surface area contributed by atoms with Gasteiger partial charge in [0.05, 0.1) is 6.54 Å². The zero-order valence-corrected chi connectivity index (χ0v) is 20.4. The minimum atomic E-state index is -0.657. The lowest BCUT2D eigenvalue weighted by molar-refractivity contribution is 0.0518. The molecule has 10 heteroatoms. The van der Waals surface area contributed by atoms with Gasteiger partial charge in [0.25, 0.3) is 0 Å². The van der Waals surface area contributed by atoms with Gasteiger partial charge in [-0.15, -0.1) is 10.2 Å². The SMILES string of the molecule is CC(C)(C)OC(=O)NCc1nnc([C@H](Cc2c[nH]c3ccccc23)NC(=O)OCc2ccccc2)o1. The van der Waals surface area contributed by atoms with Crippen LogP contribution in [0.25, 0.3) is 10.9 Å². The van der Waals surface area contributed by atoms with E-state index in [1.54, 1.807) is 20.8 Å². The Morgan fingerprint density at radius 1 is 1.03 bits per heavy atom. The van der Waals surface area contributed by atoms with Crippen LogP contribution in [0.2, 0.25) is 0 Å². The van der Waals surface area contributed by atoms with Gasteiger partial charge in [0.2, 0.25) is 11.8 Å². The van der Waals surface area contributed by atoms with E-state index in [1.807, 2.05) is 60.8 Å². The van der Waals surface area contributed by atoms with E-state index in [0.717, 1.165) is 22.0 Å². The highest BCUT2D eigenvalue weighted by Crippen LogP contribution is 2.24. The Bertz CT molecular complexity index is 1310. The number of nitrogens with zero attached hydrogens (tertiary/aromatic N) is 2. The number of fused-ring (bicyclic) bond motifs is 1. The van der Waals surface area contributed by atoms with E-state index < -0.39 is 23.8 Å². The Morgan fingerprint density at radius 2 is 1.78 bits per heavy atom. The number of para-hydroxylation sites is 1. The number of carbonyl (C=O) groups is 2. The molecule has 36 heavy (non-hydrogen) atoms. The average Bonchev–Trinajstić information content (AvgIpc) is 3.48. The van der Waals surface area contributed by atoms with Crippen molar-refractivity contribution in [3.05, 3.63) is 83.7 Å². The third kappa shape index (κ3) is 6.84. The molecule has 0 saturated carbocycles. The maximum absolute atomic E-state index is 12.6. The van der Waals surface area contributed by atoms with Crippen LogP contribution in [0.1, 0.15) is 49.7 Å². The predicted octanol–water partition coefficient (Wildman–Crippen LogP) is 4.79. The zero-order valence-electron chi connectivity index (χ0n) is 20.4. The molecule has 0 spiro atoms. The maximum atomic E-state index is 12.6. The van der Waals surface area contributed by atoms with Gasteiger partial charge >= 0.3 is 12.2 Å². The number of carbonyl (C=O) groups excluding carboxylic acids is 2. The molecule has 2 amide bonds. The highest BCUT2D eigenvalue weighted by atomic mass is 16.6. The van der Waals surface area contributed by atoms with Crippen molar-refractivity contribution in [3.63, 3.8) is 0 Å².